The van der Waals surface area contributed by atoms with Crippen LogP contribution in [-0.4, -0.2) is 59.6 Å². The van der Waals surface area contributed by atoms with Gasteiger partial charge >= 0.3 is 0 Å². The number of likely N-dealkylation sites (N-methyl/N-ethyl adjacent to an activating group) is 1. The second-order valence-electron chi connectivity index (χ2n) is 5.02. The molecule has 118 valence electrons. The Morgan fingerprint density at radius 2 is 2.23 bits per heavy atom. The number of benzene rings is 1. The lowest BCUT2D eigenvalue weighted by atomic mass is 10.1. The molecule has 0 unspecified atom stereocenters. The van der Waals surface area contributed by atoms with Crippen LogP contribution in [-0.2, 0) is 11.3 Å². The molecule has 6 nitrogen and oxygen atoms in total. The van der Waals surface area contributed by atoms with E-state index in [1.54, 1.807) is 36.0 Å². The Kier molecular flexibility index (Phi) is 5.68. The first-order valence-electron chi connectivity index (χ1n) is 7.14. The summed E-state index contributed by atoms with van der Waals surface area (Å²) in [6, 6.07) is 7.45. The highest BCUT2D eigenvalue weighted by Gasteiger charge is 2.12. The standard InChI is InChI=1S/C16H21N3O3/c1-18(7-9-22-2)16(21)14-5-3-4-13(10-14)15-11-17-19(12-15)6-8-20/h3-5,10-12,20H,6-9H2,1-2H3. The maximum atomic E-state index is 12.4. The number of aromatic nitrogens is 2. The Hall–Kier alpha value is -2.18. The van der Waals surface area contributed by atoms with E-state index in [0.29, 0.717) is 25.3 Å². The largest absolute Gasteiger partial charge is 0.394 e. The number of nitrogens with zero attached hydrogens (tertiary/aromatic N) is 3. The molecule has 2 aromatic rings. The van der Waals surface area contributed by atoms with Gasteiger partial charge < -0.3 is 14.7 Å². The van der Waals surface area contributed by atoms with E-state index in [2.05, 4.69) is 5.10 Å². The average molecular weight is 303 g/mol. The van der Waals surface area contributed by atoms with Crippen LogP contribution in [0.2, 0.25) is 0 Å². The van der Waals surface area contributed by atoms with Crippen LogP contribution in [0, 0.1) is 0 Å². The average Bonchev–Trinajstić information content (AvgIpc) is 3.01. The lowest BCUT2D eigenvalue weighted by Gasteiger charge is -2.16. The van der Waals surface area contributed by atoms with Crippen molar-refractivity contribution < 1.29 is 14.6 Å². The number of hydrogen-bond acceptors (Lipinski definition) is 4. The Labute approximate surface area is 129 Å². The van der Waals surface area contributed by atoms with Crippen molar-refractivity contribution in [2.75, 3.05) is 33.9 Å². The fraction of sp³-hybridized carbons (Fsp3) is 0.375. The minimum Gasteiger partial charge on any atom is -0.394 e. The Balaban J connectivity index is 2.16. The molecule has 1 aromatic carbocycles. The van der Waals surface area contributed by atoms with Crippen LogP contribution >= 0.6 is 0 Å². The van der Waals surface area contributed by atoms with Gasteiger partial charge in [-0.25, -0.2) is 0 Å². The van der Waals surface area contributed by atoms with E-state index in [9.17, 15) is 4.79 Å². The quantitative estimate of drug-likeness (QED) is 0.836. The number of aliphatic hydroxyl groups is 1. The first-order chi connectivity index (χ1) is 10.7. The topological polar surface area (TPSA) is 67.6 Å². The van der Waals surface area contributed by atoms with Gasteiger partial charge in [0.2, 0.25) is 0 Å². The molecule has 1 aromatic heterocycles. The van der Waals surface area contributed by atoms with Crippen LogP contribution in [0.3, 0.4) is 0 Å². The summed E-state index contributed by atoms with van der Waals surface area (Å²) in [6.07, 6.45) is 3.59. The number of methoxy groups -OCH3 is 1. The predicted molar refractivity (Wildman–Crippen MR) is 83.6 cm³/mol. The molecule has 0 aliphatic rings. The van der Waals surface area contributed by atoms with Crippen molar-refractivity contribution in [3.63, 3.8) is 0 Å². The second kappa shape index (κ2) is 7.72. The SMILES string of the molecule is COCCN(C)C(=O)c1cccc(-c2cnn(CCO)c2)c1. The highest BCUT2D eigenvalue weighted by atomic mass is 16.5. The molecular weight excluding hydrogens is 282 g/mol. The van der Waals surface area contributed by atoms with Gasteiger partial charge in [0.1, 0.15) is 0 Å². The van der Waals surface area contributed by atoms with E-state index in [0.717, 1.165) is 11.1 Å². The third-order valence-corrected chi connectivity index (χ3v) is 3.38. The van der Waals surface area contributed by atoms with Crippen molar-refractivity contribution in [1.29, 1.82) is 0 Å². The van der Waals surface area contributed by atoms with Gasteiger partial charge in [-0.05, 0) is 17.7 Å². The number of rotatable bonds is 7. The first-order valence-corrected chi connectivity index (χ1v) is 7.14. The number of aliphatic hydroxyl groups excluding tert-OH is 1. The zero-order chi connectivity index (χ0) is 15.9. The van der Waals surface area contributed by atoms with E-state index >= 15 is 0 Å². The van der Waals surface area contributed by atoms with E-state index in [4.69, 9.17) is 9.84 Å². The fourth-order valence-electron chi connectivity index (χ4n) is 2.12. The maximum absolute atomic E-state index is 12.4. The third kappa shape index (κ3) is 3.93. The molecule has 0 bridgehead atoms. The van der Waals surface area contributed by atoms with Gasteiger partial charge in [-0.2, -0.15) is 5.10 Å². The summed E-state index contributed by atoms with van der Waals surface area (Å²) in [5.74, 6) is -0.0401. The first kappa shape index (κ1) is 16.2. The van der Waals surface area contributed by atoms with Gasteiger partial charge in [0.25, 0.3) is 5.91 Å². The highest BCUT2D eigenvalue weighted by molar-refractivity contribution is 5.95. The van der Waals surface area contributed by atoms with E-state index < -0.39 is 0 Å². The van der Waals surface area contributed by atoms with Gasteiger partial charge in [-0.15, -0.1) is 0 Å². The summed E-state index contributed by atoms with van der Waals surface area (Å²) in [7, 11) is 3.37. The van der Waals surface area contributed by atoms with E-state index in [-0.39, 0.29) is 12.5 Å². The molecule has 0 radical (unpaired) electrons. The molecule has 0 aliphatic carbocycles. The van der Waals surface area contributed by atoms with Crippen LogP contribution in [0.5, 0.6) is 0 Å². The maximum Gasteiger partial charge on any atom is 0.253 e. The van der Waals surface area contributed by atoms with E-state index in [1.165, 1.54) is 0 Å². The summed E-state index contributed by atoms with van der Waals surface area (Å²) in [6.45, 7) is 1.56. The zero-order valence-electron chi connectivity index (χ0n) is 12.9. The van der Waals surface area contributed by atoms with Gasteiger partial charge in [0.05, 0.1) is 26.0 Å². The molecule has 0 atom stereocenters. The van der Waals surface area contributed by atoms with Gasteiger partial charge in [-0.3, -0.25) is 9.48 Å². The molecule has 1 heterocycles. The molecule has 1 N–H and O–H groups in total. The summed E-state index contributed by atoms with van der Waals surface area (Å²) in [4.78, 5) is 14.0. The van der Waals surface area contributed by atoms with Crippen LogP contribution in [0.25, 0.3) is 11.1 Å². The Bertz CT molecular complexity index is 625. The van der Waals surface area contributed by atoms with E-state index in [1.807, 2.05) is 24.4 Å². The van der Waals surface area contributed by atoms with Crippen molar-refractivity contribution in [2.24, 2.45) is 0 Å². The normalized spacial score (nSPS) is 10.7. The number of amides is 1. The van der Waals surface area contributed by atoms with Crippen molar-refractivity contribution in [1.82, 2.24) is 14.7 Å². The summed E-state index contributed by atoms with van der Waals surface area (Å²) in [5.41, 5.74) is 2.48. The molecule has 2 rings (SSSR count). The summed E-state index contributed by atoms with van der Waals surface area (Å²) >= 11 is 0. The molecule has 1 amide bonds. The molecule has 6 heteroatoms. The van der Waals surface area contributed by atoms with Crippen LogP contribution in [0.4, 0.5) is 0 Å². The fourth-order valence-corrected chi connectivity index (χ4v) is 2.12. The molecule has 0 saturated carbocycles. The molecule has 0 spiro atoms. The summed E-state index contributed by atoms with van der Waals surface area (Å²) in [5, 5.41) is 13.1. The van der Waals surface area contributed by atoms with Crippen LogP contribution < -0.4 is 0 Å². The molecule has 0 fully saturated rings. The number of hydrogen-bond donors (Lipinski definition) is 1. The minimum absolute atomic E-state index is 0.0401. The Morgan fingerprint density at radius 3 is 2.95 bits per heavy atom. The van der Waals surface area contributed by atoms with Crippen molar-refractivity contribution in [2.45, 2.75) is 6.54 Å². The lowest BCUT2D eigenvalue weighted by molar-refractivity contribution is 0.0744. The number of carbonyl (C=O) groups is 1. The van der Waals surface area contributed by atoms with Crippen molar-refractivity contribution in [3.05, 3.63) is 42.2 Å². The number of ether oxygens (including phenoxy) is 1. The monoisotopic (exact) mass is 303 g/mol. The third-order valence-electron chi connectivity index (χ3n) is 3.38. The molecule has 22 heavy (non-hydrogen) atoms. The van der Waals surface area contributed by atoms with Gasteiger partial charge in [0.15, 0.2) is 0 Å². The van der Waals surface area contributed by atoms with Crippen molar-refractivity contribution >= 4 is 5.91 Å². The molecular formula is C16H21N3O3. The highest BCUT2D eigenvalue weighted by Crippen LogP contribution is 2.20. The van der Waals surface area contributed by atoms with Crippen LogP contribution in [0.15, 0.2) is 36.7 Å². The lowest BCUT2D eigenvalue weighted by Crippen LogP contribution is -2.29. The number of carbonyl (C=O) groups excluding carboxylic acids is 1. The van der Waals surface area contributed by atoms with Gasteiger partial charge in [-0.1, -0.05) is 12.1 Å². The van der Waals surface area contributed by atoms with Crippen LogP contribution in [0.1, 0.15) is 10.4 Å². The molecule has 0 saturated heterocycles. The summed E-state index contributed by atoms with van der Waals surface area (Å²) < 4.78 is 6.67. The predicted octanol–water partition coefficient (Wildman–Crippen LogP) is 1.26. The zero-order valence-corrected chi connectivity index (χ0v) is 12.9. The van der Waals surface area contributed by atoms with Crippen molar-refractivity contribution in [3.8, 4) is 11.1 Å². The Morgan fingerprint density at radius 1 is 1.41 bits per heavy atom. The smallest absolute Gasteiger partial charge is 0.253 e. The van der Waals surface area contributed by atoms with Gasteiger partial charge in [0, 0.05) is 38.0 Å². The minimum atomic E-state index is -0.0401. The molecule has 0 aliphatic heterocycles. The second-order valence-corrected chi connectivity index (χ2v) is 5.02.